The Kier molecular flexibility index (Phi) is 4.44. The number of aromatic nitrogens is 1. The largest absolute Gasteiger partial charge is 0.351 e. The summed E-state index contributed by atoms with van der Waals surface area (Å²) in [5.74, 6) is 0.181. The van der Waals surface area contributed by atoms with E-state index in [2.05, 4.69) is 9.88 Å². The van der Waals surface area contributed by atoms with Gasteiger partial charge in [-0.2, -0.15) is 0 Å². The highest BCUT2D eigenvalue weighted by atomic mass is 32.2. The molecule has 0 bridgehead atoms. The molecule has 112 valence electrons. The fourth-order valence-electron chi connectivity index (χ4n) is 2.31. The van der Waals surface area contributed by atoms with Gasteiger partial charge in [-0.25, -0.2) is 13.1 Å². The molecule has 1 fully saturated rings. The van der Waals surface area contributed by atoms with Gasteiger partial charge < -0.3 is 9.42 Å². The second-order valence-electron chi connectivity index (χ2n) is 5.21. The number of carbonyl (C=O) groups is 1. The number of nitrogens with zero attached hydrogens (tertiary/aromatic N) is 2. The number of carbonyl (C=O) groups excluding carboxylic acids is 1. The first kappa shape index (κ1) is 15.0. The number of sulfonamides is 1. The van der Waals surface area contributed by atoms with Crippen molar-refractivity contribution < 1.29 is 17.7 Å². The van der Waals surface area contributed by atoms with Gasteiger partial charge in [-0.3, -0.25) is 4.79 Å². The van der Waals surface area contributed by atoms with Gasteiger partial charge in [0.2, 0.25) is 15.8 Å². The van der Waals surface area contributed by atoms with Crippen molar-refractivity contribution in [3.05, 3.63) is 17.5 Å². The van der Waals surface area contributed by atoms with E-state index in [0.717, 1.165) is 19.1 Å². The summed E-state index contributed by atoms with van der Waals surface area (Å²) in [6.07, 6.45) is 2.90. The second-order valence-corrected chi connectivity index (χ2v) is 7.05. The molecule has 1 amide bonds. The zero-order valence-corrected chi connectivity index (χ0v) is 12.4. The Morgan fingerprint density at radius 3 is 2.95 bits per heavy atom. The first-order valence-corrected chi connectivity index (χ1v) is 8.41. The molecule has 0 aromatic carbocycles. The average Bonchev–Trinajstić information content (AvgIpc) is 2.82. The molecule has 2 rings (SSSR count). The summed E-state index contributed by atoms with van der Waals surface area (Å²) >= 11 is 0. The number of rotatable bonds is 4. The number of amides is 1. The van der Waals surface area contributed by atoms with E-state index in [1.165, 1.54) is 0 Å². The number of aryl methyl sites for hydroxylation is 1. The van der Waals surface area contributed by atoms with E-state index in [4.69, 9.17) is 4.52 Å². The molecule has 1 aliphatic rings. The standard InChI is InChI=1S/C12H19N3O4S/c1-9-6-11(19-14-9)12(16)15-5-3-4-10(8-15)7-13-20(2,17)18/h6,10,13H,3-5,7-8H2,1-2H3/t10-/m0/s1. The number of hydrogen-bond acceptors (Lipinski definition) is 5. The fourth-order valence-corrected chi connectivity index (χ4v) is 2.84. The van der Waals surface area contributed by atoms with Crippen molar-refractivity contribution in [1.29, 1.82) is 0 Å². The fraction of sp³-hybridized carbons (Fsp3) is 0.667. The van der Waals surface area contributed by atoms with Gasteiger partial charge in [-0.1, -0.05) is 5.16 Å². The Morgan fingerprint density at radius 1 is 1.60 bits per heavy atom. The number of hydrogen-bond donors (Lipinski definition) is 1. The molecule has 20 heavy (non-hydrogen) atoms. The van der Waals surface area contributed by atoms with Crippen molar-refractivity contribution in [2.75, 3.05) is 25.9 Å². The van der Waals surface area contributed by atoms with Crippen molar-refractivity contribution >= 4 is 15.9 Å². The maximum atomic E-state index is 12.2. The predicted molar refractivity (Wildman–Crippen MR) is 72.7 cm³/mol. The highest BCUT2D eigenvalue weighted by Gasteiger charge is 2.27. The molecule has 2 heterocycles. The van der Waals surface area contributed by atoms with Crippen LogP contribution in [0.2, 0.25) is 0 Å². The molecular weight excluding hydrogens is 282 g/mol. The van der Waals surface area contributed by atoms with Gasteiger partial charge in [-0.15, -0.1) is 0 Å². The molecule has 1 aliphatic heterocycles. The lowest BCUT2D eigenvalue weighted by atomic mass is 9.98. The van der Waals surface area contributed by atoms with Crippen LogP contribution >= 0.6 is 0 Å². The van der Waals surface area contributed by atoms with Crippen LogP contribution in [-0.2, 0) is 10.0 Å². The smallest absolute Gasteiger partial charge is 0.292 e. The van der Waals surface area contributed by atoms with Crippen LogP contribution in [0.3, 0.4) is 0 Å². The minimum Gasteiger partial charge on any atom is -0.351 e. The molecule has 8 heteroatoms. The Bertz CT molecular complexity index is 581. The first-order chi connectivity index (χ1) is 9.35. The molecule has 0 saturated carbocycles. The monoisotopic (exact) mass is 301 g/mol. The summed E-state index contributed by atoms with van der Waals surface area (Å²) in [5.41, 5.74) is 0.667. The Morgan fingerprint density at radius 2 is 2.35 bits per heavy atom. The Hall–Kier alpha value is -1.41. The second kappa shape index (κ2) is 5.92. The molecule has 0 radical (unpaired) electrons. The summed E-state index contributed by atoms with van der Waals surface area (Å²) in [5, 5.41) is 3.71. The maximum Gasteiger partial charge on any atom is 0.292 e. The van der Waals surface area contributed by atoms with Crippen molar-refractivity contribution in [2.24, 2.45) is 5.92 Å². The summed E-state index contributed by atoms with van der Waals surface area (Å²) in [7, 11) is -3.19. The van der Waals surface area contributed by atoms with Crippen molar-refractivity contribution in [3.8, 4) is 0 Å². The molecule has 0 unspecified atom stereocenters. The summed E-state index contributed by atoms with van der Waals surface area (Å²) < 4.78 is 29.7. The molecule has 1 atom stereocenters. The van der Waals surface area contributed by atoms with Crippen LogP contribution in [0.25, 0.3) is 0 Å². The van der Waals surface area contributed by atoms with Crippen LogP contribution in [0.1, 0.15) is 29.1 Å². The quantitative estimate of drug-likeness (QED) is 0.868. The minimum atomic E-state index is -3.19. The van der Waals surface area contributed by atoms with E-state index in [-0.39, 0.29) is 17.6 Å². The highest BCUT2D eigenvalue weighted by Crippen LogP contribution is 2.18. The molecule has 0 spiro atoms. The molecule has 1 aromatic heterocycles. The maximum absolute atomic E-state index is 12.2. The predicted octanol–water partition coefficient (Wildman–Crippen LogP) is 0.384. The van der Waals surface area contributed by atoms with Gasteiger partial charge in [0.05, 0.1) is 11.9 Å². The minimum absolute atomic E-state index is 0.131. The van der Waals surface area contributed by atoms with Crippen molar-refractivity contribution in [3.63, 3.8) is 0 Å². The van der Waals surface area contributed by atoms with E-state index in [0.29, 0.717) is 25.3 Å². The van der Waals surface area contributed by atoms with E-state index < -0.39 is 10.0 Å². The summed E-state index contributed by atoms with van der Waals surface area (Å²) in [6, 6.07) is 1.61. The lowest BCUT2D eigenvalue weighted by Gasteiger charge is -2.32. The molecule has 1 saturated heterocycles. The zero-order valence-electron chi connectivity index (χ0n) is 11.6. The molecule has 1 N–H and O–H groups in total. The van der Waals surface area contributed by atoms with Crippen molar-refractivity contribution in [2.45, 2.75) is 19.8 Å². The number of nitrogens with one attached hydrogen (secondary N) is 1. The van der Waals surface area contributed by atoms with E-state index in [1.807, 2.05) is 0 Å². The molecule has 0 aliphatic carbocycles. The molecular formula is C12H19N3O4S. The Labute approximate surface area is 118 Å². The zero-order chi connectivity index (χ0) is 14.8. The van der Waals surface area contributed by atoms with Gasteiger partial charge in [0.15, 0.2) is 0 Å². The summed E-state index contributed by atoms with van der Waals surface area (Å²) in [4.78, 5) is 13.9. The lowest BCUT2D eigenvalue weighted by molar-refractivity contribution is 0.0634. The van der Waals surface area contributed by atoms with E-state index in [1.54, 1.807) is 17.9 Å². The van der Waals surface area contributed by atoms with Crippen LogP contribution in [0.5, 0.6) is 0 Å². The van der Waals surface area contributed by atoms with Gasteiger partial charge in [0.1, 0.15) is 0 Å². The number of piperidine rings is 1. The van der Waals surface area contributed by atoms with E-state index >= 15 is 0 Å². The highest BCUT2D eigenvalue weighted by molar-refractivity contribution is 7.88. The van der Waals surface area contributed by atoms with Crippen LogP contribution in [0.15, 0.2) is 10.6 Å². The van der Waals surface area contributed by atoms with Crippen LogP contribution in [0.4, 0.5) is 0 Å². The molecule has 1 aromatic rings. The van der Waals surface area contributed by atoms with Crippen molar-refractivity contribution in [1.82, 2.24) is 14.8 Å². The third-order valence-electron chi connectivity index (χ3n) is 3.28. The van der Waals surface area contributed by atoms with Gasteiger partial charge in [0, 0.05) is 25.7 Å². The van der Waals surface area contributed by atoms with Crippen LogP contribution in [-0.4, -0.2) is 50.3 Å². The van der Waals surface area contributed by atoms with Gasteiger partial charge in [0.25, 0.3) is 5.91 Å². The third-order valence-corrected chi connectivity index (χ3v) is 3.97. The topological polar surface area (TPSA) is 92.5 Å². The SMILES string of the molecule is Cc1cc(C(=O)N2CCC[C@@H](CNS(C)(=O)=O)C2)on1. The van der Waals surface area contributed by atoms with Gasteiger partial charge in [-0.05, 0) is 25.7 Å². The van der Waals surface area contributed by atoms with E-state index in [9.17, 15) is 13.2 Å². The van der Waals surface area contributed by atoms with Crippen LogP contribution in [0, 0.1) is 12.8 Å². The third kappa shape index (κ3) is 4.04. The average molecular weight is 301 g/mol. The Balaban J connectivity index is 1.94. The number of likely N-dealkylation sites (tertiary alicyclic amines) is 1. The first-order valence-electron chi connectivity index (χ1n) is 6.52. The van der Waals surface area contributed by atoms with Gasteiger partial charge >= 0.3 is 0 Å². The summed E-state index contributed by atoms with van der Waals surface area (Å²) in [6.45, 7) is 3.31. The normalized spacial score (nSPS) is 20.1. The van der Waals surface area contributed by atoms with Crippen LogP contribution < -0.4 is 4.72 Å². The lowest BCUT2D eigenvalue weighted by Crippen LogP contribution is -2.43. The molecule has 7 nitrogen and oxygen atoms in total.